The van der Waals surface area contributed by atoms with Crippen LogP contribution in [0.4, 0.5) is 10.5 Å². The van der Waals surface area contributed by atoms with Crippen molar-refractivity contribution in [2.75, 3.05) is 45.7 Å². The highest BCUT2D eigenvalue weighted by atomic mass is 16.5. The standard InChI is InChI=1S/C25H38N4O5/c1-6-11-26-25(32)27-19-9-10-20-21(12-19)34-15-17(3)29(23(30)18-7-8-18)13-16(2)22(33-5)14-28(4)24(20)31/h9-10,12,16-18,22H,6-8,11,13-15H2,1-5H3,(H2,26,27,32)/t16-,17+,22+/m1/s1. The van der Waals surface area contributed by atoms with E-state index in [4.69, 9.17) is 9.47 Å². The molecule has 1 aromatic carbocycles. The molecule has 0 aromatic heterocycles. The Balaban J connectivity index is 1.90. The van der Waals surface area contributed by atoms with Crippen LogP contribution in [0.2, 0.25) is 0 Å². The van der Waals surface area contributed by atoms with Crippen LogP contribution in [0.1, 0.15) is 50.4 Å². The number of carbonyl (C=O) groups is 3. The minimum atomic E-state index is -0.315. The number of fused-ring (bicyclic) bond motifs is 1. The maximum Gasteiger partial charge on any atom is 0.319 e. The van der Waals surface area contributed by atoms with Crippen LogP contribution < -0.4 is 15.4 Å². The zero-order valence-electron chi connectivity index (χ0n) is 20.9. The quantitative estimate of drug-likeness (QED) is 0.684. The third-order valence-electron chi connectivity index (χ3n) is 6.45. The second-order valence-electron chi connectivity index (χ2n) is 9.45. The predicted octanol–water partition coefficient (Wildman–Crippen LogP) is 2.96. The second-order valence-corrected chi connectivity index (χ2v) is 9.45. The number of nitrogens with one attached hydrogen (secondary N) is 2. The average Bonchev–Trinajstić information content (AvgIpc) is 3.67. The van der Waals surface area contributed by atoms with E-state index in [0.717, 1.165) is 19.3 Å². The Morgan fingerprint density at radius 2 is 1.94 bits per heavy atom. The zero-order valence-corrected chi connectivity index (χ0v) is 20.9. The van der Waals surface area contributed by atoms with Gasteiger partial charge in [0.05, 0.1) is 17.7 Å². The molecule has 1 saturated carbocycles. The molecule has 3 rings (SSSR count). The predicted molar refractivity (Wildman–Crippen MR) is 130 cm³/mol. The van der Waals surface area contributed by atoms with Crippen molar-refractivity contribution in [2.24, 2.45) is 11.8 Å². The van der Waals surface area contributed by atoms with E-state index in [2.05, 4.69) is 17.6 Å². The van der Waals surface area contributed by atoms with Crippen molar-refractivity contribution in [3.8, 4) is 5.75 Å². The Morgan fingerprint density at radius 3 is 2.59 bits per heavy atom. The number of rotatable bonds is 5. The van der Waals surface area contributed by atoms with Crippen molar-refractivity contribution in [3.05, 3.63) is 23.8 Å². The second kappa shape index (κ2) is 11.6. The van der Waals surface area contributed by atoms with Crippen LogP contribution in [0.3, 0.4) is 0 Å². The first-order valence-corrected chi connectivity index (χ1v) is 12.2. The number of hydrogen-bond acceptors (Lipinski definition) is 5. The van der Waals surface area contributed by atoms with Gasteiger partial charge in [-0.3, -0.25) is 9.59 Å². The highest BCUT2D eigenvalue weighted by Gasteiger charge is 2.37. The molecule has 0 bridgehead atoms. The fourth-order valence-corrected chi connectivity index (χ4v) is 4.14. The van der Waals surface area contributed by atoms with Gasteiger partial charge < -0.3 is 29.9 Å². The lowest BCUT2D eigenvalue weighted by atomic mass is 10.0. The smallest absolute Gasteiger partial charge is 0.319 e. The van der Waals surface area contributed by atoms with E-state index in [0.29, 0.717) is 36.6 Å². The van der Waals surface area contributed by atoms with Crippen LogP contribution in [0.15, 0.2) is 18.2 Å². The van der Waals surface area contributed by atoms with Gasteiger partial charge in [-0.2, -0.15) is 0 Å². The number of methoxy groups -OCH3 is 1. The number of likely N-dealkylation sites (N-methyl/N-ethyl adjacent to an activating group) is 1. The Hall–Kier alpha value is -2.81. The number of amides is 4. The van der Waals surface area contributed by atoms with Gasteiger partial charge in [-0.05, 0) is 38.3 Å². The van der Waals surface area contributed by atoms with E-state index in [1.807, 2.05) is 18.7 Å². The molecular formula is C25H38N4O5. The fraction of sp³-hybridized carbons (Fsp3) is 0.640. The van der Waals surface area contributed by atoms with Crippen LogP contribution in [0.25, 0.3) is 0 Å². The van der Waals surface area contributed by atoms with Crippen molar-refractivity contribution in [2.45, 2.75) is 52.2 Å². The van der Waals surface area contributed by atoms with Gasteiger partial charge in [0, 0.05) is 57.4 Å². The van der Waals surface area contributed by atoms with Gasteiger partial charge in [-0.25, -0.2) is 4.79 Å². The number of urea groups is 1. The first-order chi connectivity index (χ1) is 16.2. The number of ether oxygens (including phenoxy) is 2. The molecule has 3 atom stereocenters. The Labute approximate surface area is 202 Å². The van der Waals surface area contributed by atoms with Crippen molar-refractivity contribution in [1.82, 2.24) is 15.1 Å². The molecule has 9 heteroatoms. The molecule has 1 aliphatic heterocycles. The summed E-state index contributed by atoms with van der Waals surface area (Å²) in [6.45, 7) is 7.71. The lowest BCUT2D eigenvalue weighted by Gasteiger charge is -2.36. The normalized spacial score (nSPS) is 23.8. The van der Waals surface area contributed by atoms with E-state index in [1.54, 1.807) is 37.3 Å². The van der Waals surface area contributed by atoms with E-state index in [-0.39, 0.29) is 48.4 Å². The van der Waals surface area contributed by atoms with Crippen molar-refractivity contribution in [1.29, 1.82) is 0 Å². The first-order valence-electron chi connectivity index (χ1n) is 12.2. The van der Waals surface area contributed by atoms with Crippen LogP contribution in [-0.4, -0.2) is 80.2 Å². The SMILES string of the molecule is CCCNC(=O)Nc1ccc2c(c1)OC[C@H](C)N(C(=O)C1CC1)C[C@@H](C)[C@@H](OC)CN(C)C2=O. The molecule has 34 heavy (non-hydrogen) atoms. The summed E-state index contributed by atoms with van der Waals surface area (Å²) in [6, 6.07) is 4.52. The molecule has 0 unspecified atom stereocenters. The number of carbonyl (C=O) groups excluding carboxylic acids is 3. The van der Waals surface area contributed by atoms with E-state index in [9.17, 15) is 14.4 Å². The van der Waals surface area contributed by atoms with Crippen molar-refractivity contribution in [3.63, 3.8) is 0 Å². The lowest BCUT2D eigenvalue weighted by molar-refractivity contribution is -0.136. The summed E-state index contributed by atoms with van der Waals surface area (Å²) < 4.78 is 11.9. The summed E-state index contributed by atoms with van der Waals surface area (Å²) in [5.74, 6) is 0.473. The van der Waals surface area contributed by atoms with Crippen molar-refractivity contribution >= 4 is 23.5 Å². The molecule has 0 radical (unpaired) electrons. The summed E-state index contributed by atoms with van der Waals surface area (Å²) >= 11 is 0. The summed E-state index contributed by atoms with van der Waals surface area (Å²) in [5.41, 5.74) is 0.925. The van der Waals surface area contributed by atoms with Crippen LogP contribution >= 0.6 is 0 Å². The highest BCUT2D eigenvalue weighted by molar-refractivity contribution is 5.98. The van der Waals surface area contributed by atoms with Gasteiger partial charge in [0.25, 0.3) is 5.91 Å². The van der Waals surface area contributed by atoms with Crippen LogP contribution in [0.5, 0.6) is 5.75 Å². The molecular weight excluding hydrogens is 436 g/mol. The molecule has 0 spiro atoms. The molecule has 4 amide bonds. The summed E-state index contributed by atoms with van der Waals surface area (Å²) in [4.78, 5) is 42.0. The summed E-state index contributed by atoms with van der Waals surface area (Å²) in [7, 11) is 3.37. The molecule has 1 aliphatic carbocycles. The minimum Gasteiger partial charge on any atom is -0.491 e. The maximum atomic E-state index is 13.3. The lowest BCUT2D eigenvalue weighted by Crippen LogP contribution is -2.49. The molecule has 1 aromatic rings. The Morgan fingerprint density at radius 1 is 1.21 bits per heavy atom. The largest absolute Gasteiger partial charge is 0.491 e. The molecule has 9 nitrogen and oxygen atoms in total. The fourth-order valence-electron chi connectivity index (χ4n) is 4.14. The van der Waals surface area contributed by atoms with Gasteiger partial charge in [0.2, 0.25) is 5.91 Å². The van der Waals surface area contributed by atoms with Gasteiger partial charge in [-0.15, -0.1) is 0 Å². The third-order valence-corrected chi connectivity index (χ3v) is 6.45. The molecule has 2 N–H and O–H groups in total. The van der Waals surface area contributed by atoms with Gasteiger partial charge in [0.15, 0.2) is 0 Å². The Bertz CT molecular complexity index is 888. The van der Waals surface area contributed by atoms with E-state index >= 15 is 0 Å². The summed E-state index contributed by atoms with van der Waals surface area (Å²) in [5, 5.41) is 5.55. The van der Waals surface area contributed by atoms with Crippen LogP contribution in [0, 0.1) is 11.8 Å². The van der Waals surface area contributed by atoms with Crippen molar-refractivity contribution < 1.29 is 23.9 Å². The number of anilines is 1. The van der Waals surface area contributed by atoms with Crippen LogP contribution in [-0.2, 0) is 9.53 Å². The minimum absolute atomic E-state index is 0.0394. The number of benzene rings is 1. The van der Waals surface area contributed by atoms with E-state index in [1.165, 1.54) is 0 Å². The van der Waals surface area contributed by atoms with Gasteiger partial charge in [0.1, 0.15) is 12.4 Å². The molecule has 1 heterocycles. The first kappa shape index (κ1) is 25.8. The maximum absolute atomic E-state index is 13.3. The molecule has 2 aliphatic rings. The molecule has 1 fully saturated rings. The molecule has 188 valence electrons. The Kier molecular flexibility index (Phi) is 8.77. The number of nitrogens with zero attached hydrogens (tertiary/aromatic N) is 2. The zero-order chi connectivity index (χ0) is 24.8. The summed E-state index contributed by atoms with van der Waals surface area (Å²) in [6.07, 6.45) is 2.47. The van der Waals surface area contributed by atoms with E-state index < -0.39 is 0 Å². The number of hydrogen-bond donors (Lipinski definition) is 2. The average molecular weight is 475 g/mol. The monoisotopic (exact) mass is 474 g/mol. The molecule has 0 saturated heterocycles. The third kappa shape index (κ3) is 6.40. The topological polar surface area (TPSA) is 100 Å². The highest BCUT2D eigenvalue weighted by Crippen LogP contribution is 2.33. The van der Waals surface area contributed by atoms with Gasteiger partial charge in [-0.1, -0.05) is 13.8 Å². The van der Waals surface area contributed by atoms with Gasteiger partial charge >= 0.3 is 6.03 Å².